The van der Waals surface area contributed by atoms with Crippen molar-refractivity contribution in [3.05, 3.63) is 71.3 Å². The molecule has 2 aromatic carbocycles. The van der Waals surface area contributed by atoms with E-state index in [9.17, 15) is 5.11 Å². The lowest BCUT2D eigenvalue weighted by atomic mass is 9.92. The van der Waals surface area contributed by atoms with E-state index in [0.29, 0.717) is 30.2 Å². The minimum absolute atomic E-state index is 0.262. The Morgan fingerprint density at radius 2 is 1.91 bits per heavy atom. The average molecular weight is 500 g/mol. The number of ether oxygens (including phenoxy) is 3. The van der Waals surface area contributed by atoms with Crippen LogP contribution in [0.5, 0.6) is 17.2 Å². The van der Waals surface area contributed by atoms with Crippen molar-refractivity contribution in [2.45, 2.75) is 44.9 Å². The lowest BCUT2D eigenvalue weighted by Crippen LogP contribution is -2.47. The molecule has 1 fully saturated rings. The molecule has 35 heavy (non-hydrogen) atoms. The van der Waals surface area contributed by atoms with Crippen molar-refractivity contribution in [2.24, 2.45) is 0 Å². The van der Waals surface area contributed by atoms with Crippen LogP contribution in [-0.4, -0.2) is 58.6 Å². The summed E-state index contributed by atoms with van der Waals surface area (Å²) in [6.07, 6.45) is 6.00. The molecule has 4 rings (SSSR count). The highest BCUT2D eigenvalue weighted by atomic mass is 35.5. The van der Waals surface area contributed by atoms with Gasteiger partial charge >= 0.3 is 0 Å². The molecule has 0 saturated carbocycles. The minimum Gasteiger partial charge on any atom is -0.493 e. The maximum Gasteiger partial charge on any atom is 0.161 e. The molecule has 1 N–H and O–H groups in total. The van der Waals surface area contributed by atoms with Crippen molar-refractivity contribution in [3.63, 3.8) is 0 Å². The Balaban J connectivity index is 1.29. The molecular weight excluding hydrogens is 466 g/mol. The van der Waals surface area contributed by atoms with Gasteiger partial charge in [-0.1, -0.05) is 30.7 Å². The van der Waals surface area contributed by atoms with Crippen LogP contribution in [0.2, 0.25) is 5.02 Å². The van der Waals surface area contributed by atoms with Crippen molar-refractivity contribution < 1.29 is 19.3 Å². The smallest absolute Gasteiger partial charge is 0.161 e. The quantitative estimate of drug-likeness (QED) is 0.416. The first-order valence-electron chi connectivity index (χ1n) is 12.1. The molecule has 8 heteroatoms. The number of benzene rings is 2. The summed E-state index contributed by atoms with van der Waals surface area (Å²) in [6, 6.07) is 13.3. The standard InChI is InChI=1S/C27H34ClN3O4/c1-3-26-29-11-14-31(26)15-16-34-25-17-21(7-8-24(25)33-2)19-30-12-9-27(32,10-13-30)20-35-23-6-4-5-22(28)18-23/h4-8,11,14,17-18,32H,3,9-10,12-13,15-16,19-20H2,1-2H3. The van der Waals surface area contributed by atoms with Crippen molar-refractivity contribution in [1.29, 1.82) is 0 Å². The maximum absolute atomic E-state index is 11.0. The van der Waals surface area contributed by atoms with Crippen molar-refractivity contribution in [3.8, 4) is 17.2 Å². The Labute approximate surface area is 212 Å². The fourth-order valence-electron chi connectivity index (χ4n) is 4.35. The monoisotopic (exact) mass is 499 g/mol. The molecule has 0 unspecified atom stereocenters. The van der Waals surface area contributed by atoms with Gasteiger partial charge in [0.15, 0.2) is 11.5 Å². The van der Waals surface area contributed by atoms with Crippen LogP contribution in [0, 0.1) is 0 Å². The number of imidazole rings is 1. The summed E-state index contributed by atoms with van der Waals surface area (Å²) in [4.78, 5) is 6.71. The molecule has 1 saturated heterocycles. The van der Waals surface area contributed by atoms with E-state index in [1.807, 2.05) is 30.6 Å². The number of halogens is 1. The zero-order valence-electron chi connectivity index (χ0n) is 20.5. The Morgan fingerprint density at radius 1 is 1.09 bits per heavy atom. The molecule has 0 aliphatic carbocycles. The van der Waals surface area contributed by atoms with Gasteiger partial charge in [0.25, 0.3) is 0 Å². The van der Waals surface area contributed by atoms with Gasteiger partial charge in [0.2, 0.25) is 0 Å². The molecule has 1 aliphatic heterocycles. The summed E-state index contributed by atoms with van der Waals surface area (Å²) < 4.78 is 19.5. The molecule has 0 atom stereocenters. The van der Waals surface area contributed by atoms with E-state index in [1.165, 1.54) is 0 Å². The Morgan fingerprint density at radius 3 is 2.66 bits per heavy atom. The highest BCUT2D eigenvalue weighted by Crippen LogP contribution is 2.30. The lowest BCUT2D eigenvalue weighted by Gasteiger charge is -2.38. The molecule has 0 radical (unpaired) electrons. The van der Waals surface area contributed by atoms with Crippen LogP contribution in [-0.2, 0) is 19.5 Å². The number of nitrogens with zero attached hydrogens (tertiary/aromatic N) is 3. The number of hydrogen-bond donors (Lipinski definition) is 1. The maximum atomic E-state index is 11.0. The van der Waals surface area contributed by atoms with Gasteiger partial charge in [-0.05, 0) is 48.7 Å². The molecule has 7 nitrogen and oxygen atoms in total. The lowest BCUT2D eigenvalue weighted by molar-refractivity contribution is -0.0537. The molecular formula is C27H34ClN3O4. The molecule has 0 spiro atoms. The average Bonchev–Trinajstić information content (AvgIpc) is 3.32. The number of aryl methyl sites for hydroxylation is 1. The second-order valence-corrected chi connectivity index (χ2v) is 9.41. The van der Waals surface area contributed by atoms with E-state index >= 15 is 0 Å². The number of piperidine rings is 1. The van der Waals surface area contributed by atoms with E-state index in [-0.39, 0.29) is 6.61 Å². The molecule has 2 heterocycles. The zero-order chi connectivity index (χ0) is 24.7. The van der Waals surface area contributed by atoms with Crippen LogP contribution in [0.1, 0.15) is 31.2 Å². The van der Waals surface area contributed by atoms with E-state index in [4.69, 9.17) is 25.8 Å². The summed E-state index contributed by atoms with van der Waals surface area (Å²) in [7, 11) is 1.66. The third-order valence-electron chi connectivity index (χ3n) is 6.43. The fourth-order valence-corrected chi connectivity index (χ4v) is 4.53. The molecule has 1 aromatic heterocycles. The Hall–Kier alpha value is -2.74. The molecule has 3 aromatic rings. The second kappa shape index (κ2) is 11.8. The molecule has 188 valence electrons. The SMILES string of the molecule is CCc1nccn1CCOc1cc(CN2CCC(O)(COc3cccc(Cl)c3)CC2)ccc1OC. The van der Waals surface area contributed by atoms with Gasteiger partial charge < -0.3 is 23.9 Å². The fraction of sp³-hybridized carbons (Fsp3) is 0.444. The van der Waals surface area contributed by atoms with Gasteiger partial charge in [0.05, 0.1) is 13.7 Å². The number of hydrogen-bond acceptors (Lipinski definition) is 6. The minimum atomic E-state index is -0.836. The largest absolute Gasteiger partial charge is 0.493 e. The summed E-state index contributed by atoms with van der Waals surface area (Å²) in [5.41, 5.74) is 0.316. The van der Waals surface area contributed by atoms with Crippen LogP contribution in [0.3, 0.4) is 0 Å². The van der Waals surface area contributed by atoms with Gasteiger partial charge in [-0.2, -0.15) is 0 Å². The second-order valence-electron chi connectivity index (χ2n) is 8.97. The van der Waals surface area contributed by atoms with Crippen LogP contribution < -0.4 is 14.2 Å². The van der Waals surface area contributed by atoms with Crippen molar-refractivity contribution >= 4 is 11.6 Å². The van der Waals surface area contributed by atoms with Gasteiger partial charge in [0, 0.05) is 43.5 Å². The van der Waals surface area contributed by atoms with Crippen LogP contribution >= 0.6 is 11.6 Å². The molecule has 0 bridgehead atoms. The third kappa shape index (κ3) is 6.90. The predicted molar refractivity (Wildman–Crippen MR) is 137 cm³/mol. The summed E-state index contributed by atoms with van der Waals surface area (Å²) >= 11 is 6.02. The third-order valence-corrected chi connectivity index (χ3v) is 6.67. The van der Waals surface area contributed by atoms with E-state index < -0.39 is 5.60 Å². The van der Waals surface area contributed by atoms with Gasteiger partial charge in [0.1, 0.15) is 30.4 Å². The van der Waals surface area contributed by atoms with E-state index in [2.05, 4.69) is 33.5 Å². The van der Waals surface area contributed by atoms with Crippen molar-refractivity contribution in [1.82, 2.24) is 14.5 Å². The Kier molecular flexibility index (Phi) is 8.55. The van der Waals surface area contributed by atoms with Gasteiger partial charge in [-0.15, -0.1) is 0 Å². The summed E-state index contributed by atoms with van der Waals surface area (Å²) in [6.45, 7) is 5.99. The summed E-state index contributed by atoms with van der Waals surface area (Å²) in [5, 5.41) is 11.6. The number of aliphatic hydroxyl groups is 1. The van der Waals surface area contributed by atoms with Crippen molar-refractivity contribution in [2.75, 3.05) is 33.4 Å². The summed E-state index contributed by atoms with van der Waals surface area (Å²) in [5.74, 6) is 3.20. The molecule has 0 amide bonds. The Bertz CT molecular complexity index is 1100. The zero-order valence-corrected chi connectivity index (χ0v) is 21.2. The highest BCUT2D eigenvalue weighted by molar-refractivity contribution is 6.30. The van der Waals surface area contributed by atoms with E-state index in [1.54, 1.807) is 19.2 Å². The first-order chi connectivity index (χ1) is 17.0. The number of aromatic nitrogens is 2. The topological polar surface area (TPSA) is 69.0 Å². The number of rotatable bonds is 11. The predicted octanol–water partition coefficient (Wildman–Crippen LogP) is 4.59. The molecule has 1 aliphatic rings. The number of methoxy groups -OCH3 is 1. The van der Waals surface area contributed by atoms with Gasteiger partial charge in [-0.25, -0.2) is 4.98 Å². The normalized spacial score (nSPS) is 15.7. The van der Waals surface area contributed by atoms with Crippen LogP contribution in [0.4, 0.5) is 0 Å². The van der Waals surface area contributed by atoms with Crippen LogP contribution in [0.25, 0.3) is 0 Å². The van der Waals surface area contributed by atoms with Crippen LogP contribution in [0.15, 0.2) is 54.9 Å². The first-order valence-corrected chi connectivity index (χ1v) is 12.5. The van der Waals surface area contributed by atoms with E-state index in [0.717, 1.165) is 55.5 Å². The van der Waals surface area contributed by atoms with Gasteiger partial charge in [-0.3, -0.25) is 4.90 Å². The number of likely N-dealkylation sites (tertiary alicyclic amines) is 1. The first kappa shape index (κ1) is 25.4. The highest BCUT2D eigenvalue weighted by Gasteiger charge is 2.33.